The maximum absolute atomic E-state index is 12.4. The van der Waals surface area contributed by atoms with Crippen LogP contribution in [0.25, 0.3) is 0 Å². The molecule has 0 amide bonds. The number of amidine groups is 1. The lowest BCUT2D eigenvalue weighted by atomic mass is 9.93. The van der Waals surface area contributed by atoms with Crippen LogP contribution < -0.4 is 10.5 Å². The molecule has 0 fully saturated rings. The van der Waals surface area contributed by atoms with E-state index in [0.29, 0.717) is 22.7 Å². The topological polar surface area (TPSA) is 105 Å². The highest BCUT2D eigenvalue weighted by molar-refractivity contribution is 7.91. The molecule has 114 valence electrons. The van der Waals surface area contributed by atoms with Gasteiger partial charge < -0.3 is 10.9 Å². The van der Waals surface area contributed by atoms with Gasteiger partial charge in [0.05, 0.1) is 9.88 Å². The average Bonchev–Trinajstić information content (AvgIpc) is 2.76. The van der Waals surface area contributed by atoms with Crippen LogP contribution in [0, 0.1) is 6.92 Å². The smallest absolute Gasteiger partial charge is 0.251 e. The zero-order valence-electron chi connectivity index (χ0n) is 11.5. The average molecular weight is 340 g/mol. The monoisotopic (exact) mass is 339 g/mol. The van der Waals surface area contributed by atoms with Gasteiger partial charge in [-0.2, -0.15) is 4.72 Å². The molecule has 1 rings (SSSR count). The lowest BCUT2D eigenvalue weighted by molar-refractivity contribution is 0.307. The van der Waals surface area contributed by atoms with Crippen molar-refractivity contribution in [2.45, 2.75) is 43.4 Å². The summed E-state index contributed by atoms with van der Waals surface area (Å²) in [4.78, 5) is 0. The van der Waals surface area contributed by atoms with Gasteiger partial charge in [-0.3, -0.25) is 0 Å². The third-order valence-corrected chi connectivity index (χ3v) is 6.80. The Kier molecular flexibility index (Phi) is 5.42. The summed E-state index contributed by atoms with van der Waals surface area (Å²) in [5.41, 5.74) is 5.22. The van der Waals surface area contributed by atoms with Crippen molar-refractivity contribution in [3.8, 4) is 0 Å². The van der Waals surface area contributed by atoms with E-state index >= 15 is 0 Å². The highest BCUT2D eigenvalue weighted by Gasteiger charge is 2.37. The molecule has 9 heteroatoms. The summed E-state index contributed by atoms with van der Waals surface area (Å²) in [6, 6.07) is 1.50. The number of thiophene rings is 1. The number of rotatable bonds is 6. The third-order valence-electron chi connectivity index (χ3n) is 3.23. The molecule has 0 aliphatic rings. The standard InChI is InChI=1S/C11H18ClN3O3S2/c1-4-11(5-2,10(13)14-16)15-20(17,18)8-6-7(3)9(12)19-8/h6,15-16H,4-5H2,1-3H3,(H2,13,14). The zero-order chi connectivity index (χ0) is 15.6. The van der Waals surface area contributed by atoms with E-state index in [0.717, 1.165) is 11.3 Å². The van der Waals surface area contributed by atoms with Crippen LogP contribution in [0.15, 0.2) is 15.4 Å². The fourth-order valence-corrected chi connectivity index (χ4v) is 5.00. The third kappa shape index (κ3) is 3.25. The molecule has 0 bridgehead atoms. The van der Waals surface area contributed by atoms with Gasteiger partial charge in [-0.15, -0.1) is 11.3 Å². The number of hydrogen-bond acceptors (Lipinski definition) is 5. The molecule has 0 aliphatic heterocycles. The Bertz CT molecular complexity index is 587. The zero-order valence-corrected chi connectivity index (χ0v) is 13.9. The maximum Gasteiger partial charge on any atom is 0.251 e. The van der Waals surface area contributed by atoms with Gasteiger partial charge in [-0.1, -0.05) is 30.6 Å². The summed E-state index contributed by atoms with van der Waals surface area (Å²) in [5.74, 6) is -0.162. The summed E-state index contributed by atoms with van der Waals surface area (Å²) in [7, 11) is -3.79. The lowest BCUT2D eigenvalue weighted by Gasteiger charge is -2.30. The van der Waals surface area contributed by atoms with Gasteiger partial charge >= 0.3 is 0 Å². The van der Waals surface area contributed by atoms with Gasteiger partial charge in [0.2, 0.25) is 0 Å². The number of aryl methyl sites for hydroxylation is 1. The Labute approximate surface area is 127 Å². The number of oxime groups is 1. The van der Waals surface area contributed by atoms with Crippen molar-refractivity contribution < 1.29 is 13.6 Å². The Balaban J connectivity index is 3.22. The molecule has 1 aromatic heterocycles. The molecule has 4 N–H and O–H groups in total. The molecule has 0 aliphatic carbocycles. The minimum absolute atomic E-state index is 0.108. The van der Waals surface area contributed by atoms with Gasteiger partial charge in [-0.25, -0.2) is 8.42 Å². The predicted molar refractivity (Wildman–Crippen MR) is 81.1 cm³/mol. The second kappa shape index (κ2) is 6.30. The molecule has 1 aromatic rings. The van der Waals surface area contributed by atoms with E-state index in [1.165, 1.54) is 6.07 Å². The lowest BCUT2D eigenvalue weighted by Crippen LogP contribution is -2.56. The molecule has 0 spiro atoms. The Morgan fingerprint density at radius 1 is 1.55 bits per heavy atom. The van der Waals surface area contributed by atoms with Gasteiger partial charge in [0, 0.05) is 0 Å². The van der Waals surface area contributed by atoms with Crippen molar-refractivity contribution in [2.75, 3.05) is 0 Å². The number of hydrogen-bond donors (Lipinski definition) is 3. The second-order valence-corrected chi connectivity index (χ2v) is 7.97. The first kappa shape index (κ1) is 17.2. The number of nitrogens with two attached hydrogens (primary N) is 1. The highest BCUT2D eigenvalue weighted by Crippen LogP contribution is 2.31. The Hall–Kier alpha value is -0.830. The fraction of sp³-hybridized carbons (Fsp3) is 0.545. The van der Waals surface area contributed by atoms with Crippen LogP contribution in [0.3, 0.4) is 0 Å². The molecule has 20 heavy (non-hydrogen) atoms. The first-order valence-electron chi connectivity index (χ1n) is 6.00. The van der Waals surface area contributed by atoms with Gasteiger partial charge in [0.15, 0.2) is 5.84 Å². The van der Waals surface area contributed by atoms with Crippen LogP contribution >= 0.6 is 22.9 Å². The minimum atomic E-state index is -3.79. The van der Waals surface area contributed by atoms with Crippen molar-refractivity contribution in [1.29, 1.82) is 0 Å². The summed E-state index contributed by atoms with van der Waals surface area (Å²) in [6.07, 6.45) is 0.716. The van der Waals surface area contributed by atoms with E-state index in [2.05, 4.69) is 9.88 Å². The van der Waals surface area contributed by atoms with Crippen LogP contribution in [0.5, 0.6) is 0 Å². The fourth-order valence-electron chi connectivity index (χ4n) is 1.78. The Morgan fingerprint density at radius 2 is 2.10 bits per heavy atom. The molecule has 0 aromatic carbocycles. The van der Waals surface area contributed by atoms with Crippen molar-refractivity contribution in [3.63, 3.8) is 0 Å². The van der Waals surface area contributed by atoms with Crippen molar-refractivity contribution in [3.05, 3.63) is 16.0 Å². The second-order valence-electron chi connectivity index (χ2n) is 4.40. The highest BCUT2D eigenvalue weighted by atomic mass is 35.5. The quantitative estimate of drug-likeness (QED) is 0.320. The van der Waals surface area contributed by atoms with Crippen LogP contribution in [0.1, 0.15) is 32.3 Å². The molecular weight excluding hydrogens is 322 g/mol. The number of sulfonamides is 1. The Morgan fingerprint density at radius 3 is 2.45 bits per heavy atom. The molecule has 0 saturated carbocycles. The van der Waals surface area contributed by atoms with Crippen LogP contribution in [0.2, 0.25) is 4.34 Å². The van der Waals surface area contributed by atoms with Gasteiger partial charge in [-0.05, 0) is 31.4 Å². The molecule has 0 radical (unpaired) electrons. The summed E-state index contributed by atoms with van der Waals surface area (Å²) in [5, 5.41) is 11.8. The van der Waals surface area contributed by atoms with Crippen LogP contribution in [0.4, 0.5) is 0 Å². The van der Waals surface area contributed by atoms with Crippen LogP contribution in [-0.2, 0) is 10.0 Å². The SMILES string of the molecule is CCC(CC)(NS(=O)(=O)c1cc(C)c(Cl)s1)C(N)=NO. The largest absolute Gasteiger partial charge is 0.409 e. The van der Waals surface area contributed by atoms with E-state index < -0.39 is 15.6 Å². The van der Waals surface area contributed by atoms with E-state index in [-0.39, 0.29) is 10.0 Å². The molecular formula is C11H18ClN3O3S2. The predicted octanol–water partition coefficient (Wildman–Crippen LogP) is 2.29. The summed E-state index contributed by atoms with van der Waals surface area (Å²) >= 11 is 6.88. The van der Waals surface area contributed by atoms with Crippen molar-refractivity contribution >= 4 is 38.8 Å². The molecule has 0 atom stereocenters. The molecule has 0 saturated heterocycles. The van der Waals surface area contributed by atoms with E-state index in [1.54, 1.807) is 20.8 Å². The van der Waals surface area contributed by atoms with Gasteiger partial charge in [0.1, 0.15) is 4.21 Å². The molecule has 1 heterocycles. The van der Waals surface area contributed by atoms with E-state index in [9.17, 15) is 8.42 Å². The normalized spacial score (nSPS) is 13.7. The van der Waals surface area contributed by atoms with E-state index in [1.807, 2.05) is 0 Å². The number of halogens is 1. The van der Waals surface area contributed by atoms with E-state index in [4.69, 9.17) is 22.5 Å². The molecule has 6 nitrogen and oxygen atoms in total. The van der Waals surface area contributed by atoms with Crippen molar-refractivity contribution in [2.24, 2.45) is 10.9 Å². The summed E-state index contributed by atoms with van der Waals surface area (Å²) < 4.78 is 27.9. The number of nitrogens with zero attached hydrogens (tertiary/aromatic N) is 1. The van der Waals surface area contributed by atoms with Gasteiger partial charge in [0.25, 0.3) is 10.0 Å². The van der Waals surface area contributed by atoms with Crippen molar-refractivity contribution in [1.82, 2.24) is 4.72 Å². The van der Waals surface area contributed by atoms with Crippen LogP contribution in [-0.4, -0.2) is 25.0 Å². The molecule has 0 unspecified atom stereocenters. The summed E-state index contributed by atoms with van der Waals surface area (Å²) in [6.45, 7) is 5.25. The maximum atomic E-state index is 12.4. The number of nitrogens with one attached hydrogen (secondary N) is 1. The first-order chi connectivity index (χ1) is 9.22. The first-order valence-corrected chi connectivity index (χ1v) is 8.68. The minimum Gasteiger partial charge on any atom is -0.409 e.